The van der Waals surface area contributed by atoms with E-state index in [-0.39, 0.29) is 37.1 Å². The Hall–Kier alpha value is -2.56. The van der Waals surface area contributed by atoms with Gasteiger partial charge in [0.15, 0.2) is 11.6 Å². The van der Waals surface area contributed by atoms with Crippen LogP contribution in [-0.4, -0.2) is 32.8 Å². The summed E-state index contributed by atoms with van der Waals surface area (Å²) in [6.07, 6.45) is -3.40. The lowest BCUT2D eigenvalue weighted by Gasteiger charge is -2.37. The van der Waals surface area contributed by atoms with Crippen molar-refractivity contribution < 1.29 is 31.4 Å². The van der Waals surface area contributed by atoms with E-state index in [2.05, 4.69) is 15.3 Å². The lowest BCUT2D eigenvalue weighted by molar-refractivity contribution is -0.137. The number of benzene rings is 1. The van der Waals surface area contributed by atoms with Gasteiger partial charge in [-0.05, 0) is 30.5 Å². The van der Waals surface area contributed by atoms with E-state index >= 15 is 4.39 Å². The van der Waals surface area contributed by atoms with Crippen molar-refractivity contribution in [2.24, 2.45) is 0 Å². The Bertz CT molecular complexity index is 952. The number of anilines is 2. The van der Waals surface area contributed by atoms with Gasteiger partial charge in [0.1, 0.15) is 12.1 Å². The van der Waals surface area contributed by atoms with Crippen LogP contribution in [0.15, 0.2) is 30.6 Å². The number of aromatic nitrogens is 2. The fourth-order valence-corrected chi connectivity index (χ4v) is 3.78. The van der Waals surface area contributed by atoms with Gasteiger partial charge in [-0.15, -0.1) is 0 Å². The third-order valence-electron chi connectivity index (χ3n) is 5.82. The second-order valence-electron chi connectivity index (χ2n) is 8.43. The molecule has 0 atom stereocenters. The molecule has 0 amide bonds. The van der Waals surface area contributed by atoms with Gasteiger partial charge >= 0.3 is 6.18 Å². The Morgan fingerprint density at radius 3 is 2.22 bits per heavy atom. The zero-order valence-electron chi connectivity index (χ0n) is 17.0. The molecule has 4 rings (SSSR count). The molecular weight excluding hydrogens is 438 g/mol. The Morgan fingerprint density at radius 2 is 1.66 bits per heavy atom. The first kappa shape index (κ1) is 22.6. The first-order valence-electron chi connectivity index (χ1n) is 10.3. The highest BCUT2D eigenvalue weighted by Crippen LogP contribution is 2.40. The molecule has 0 unspecified atom stereocenters. The van der Waals surface area contributed by atoms with Gasteiger partial charge < -0.3 is 15.3 Å². The number of rotatable bonds is 6. The van der Waals surface area contributed by atoms with Crippen LogP contribution < -0.4 is 10.2 Å². The van der Waals surface area contributed by atoms with Crippen LogP contribution in [-0.2, 0) is 12.7 Å². The van der Waals surface area contributed by atoms with Crippen molar-refractivity contribution in [2.45, 2.75) is 68.9 Å². The van der Waals surface area contributed by atoms with Crippen LogP contribution in [0.4, 0.5) is 38.0 Å². The Balaban J connectivity index is 1.54. The van der Waals surface area contributed by atoms with Crippen LogP contribution in [0.3, 0.4) is 0 Å². The van der Waals surface area contributed by atoms with Crippen LogP contribution in [0, 0.1) is 5.82 Å². The van der Waals surface area contributed by atoms with Crippen molar-refractivity contribution in [2.75, 3.05) is 10.2 Å². The SMILES string of the molecule is OC1(Nc2ncnc(N(Cc3ccc(C(F)(F)F)cc3)C3CC3)c2F)CCC(F)(F)CC1. The quantitative estimate of drug-likeness (QED) is 0.463. The van der Waals surface area contributed by atoms with Crippen LogP contribution in [0.1, 0.15) is 49.7 Å². The minimum Gasteiger partial charge on any atom is -0.371 e. The summed E-state index contributed by atoms with van der Waals surface area (Å²) >= 11 is 0. The molecule has 2 aliphatic carbocycles. The molecule has 0 aliphatic heterocycles. The second kappa shape index (κ2) is 8.09. The van der Waals surface area contributed by atoms with Gasteiger partial charge in [-0.1, -0.05) is 12.1 Å². The molecule has 0 radical (unpaired) electrons. The van der Waals surface area contributed by atoms with Gasteiger partial charge in [-0.2, -0.15) is 17.6 Å². The average Bonchev–Trinajstić information content (AvgIpc) is 3.56. The molecule has 2 saturated carbocycles. The normalized spacial score (nSPS) is 20.1. The summed E-state index contributed by atoms with van der Waals surface area (Å²) in [7, 11) is 0. The van der Waals surface area contributed by atoms with Crippen molar-refractivity contribution in [3.63, 3.8) is 0 Å². The molecule has 2 aliphatic rings. The van der Waals surface area contributed by atoms with Crippen LogP contribution in [0.25, 0.3) is 0 Å². The Labute approximate surface area is 180 Å². The topological polar surface area (TPSA) is 61.3 Å². The fourth-order valence-electron chi connectivity index (χ4n) is 3.78. The van der Waals surface area contributed by atoms with Gasteiger partial charge in [-0.3, -0.25) is 0 Å². The summed E-state index contributed by atoms with van der Waals surface area (Å²) in [6.45, 7) is 0.132. The third kappa shape index (κ3) is 5.08. The first-order chi connectivity index (χ1) is 15.0. The van der Waals surface area contributed by atoms with Crippen molar-refractivity contribution in [3.05, 3.63) is 47.5 Å². The molecule has 1 aromatic carbocycles. The molecule has 2 aromatic rings. The summed E-state index contributed by atoms with van der Waals surface area (Å²) in [4.78, 5) is 9.48. The highest BCUT2D eigenvalue weighted by Gasteiger charge is 2.43. The van der Waals surface area contributed by atoms with Crippen LogP contribution >= 0.6 is 0 Å². The fraction of sp³-hybridized carbons (Fsp3) is 0.524. The molecule has 174 valence electrons. The number of nitrogens with one attached hydrogen (secondary N) is 1. The molecular formula is C21H22F6N4O. The predicted octanol–water partition coefficient (Wildman–Crippen LogP) is 5.11. The van der Waals surface area contributed by atoms with Gasteiger partial charge in [-0.25, -0.2) is 18.7 Å². The summed E-state index contributed by atoms with van der Waals surface area (Å²) in [5.41, 5.74) is -1.94. The molecule has 0 bridgehead atoms. The highest BCUT2D eigenvalue weighted by atomic mass is 19.4. The average molecular weight is 460 g/mol. The molecule has 11 heteroatoms. The first-order valence-corrected chi connectivity index (χ1v) is 10.3. The van der Waals surface area contributed by atoms with Crippen molar-refractivity contribution in [1.82, 2.24) is 9.97 Å². The van der Waals surface area contributed by atoms with Crippen LogP contribution in [0.2, 0.25) is 0 Å². The van der Waals surface area contributed by atoms with E-state index in [0.29, 0.717) is 5.56 Å². The molecule has 1 aromatic heterocycles. The maximum atomic E-state index is 15.3. The number of halogens is 6. The molecule has 2 fully saturated rings. The lowest BCUT2D eigenvalue weighted by Crippen LogP contribution is -2.45. The summed E-state index contributed by atoms with van der Waals surface area (Å²) in [5.74, 6) is -4.08. The smallest absolute Gasteiger partial charge is 0.371 e. The van der Waals surface area contributed by atoms with E-state index in [1.165, 1.54) is 12.1 Å². The maximum absolute atomic E-state index is 15.3. The second-order valence-corrected chi connectivity index (χ2v) is 8.43. The number of hydrogen-bond donors (Lipinski definition) is 2. The third-order valence-corrected chi connectivity index (χ3v) is 5.82. The summed E-state index contributed by atoms with van der Waals surface area (Å²) in [5, 5.41) is 13.1. The molecule has 0 saturated heterocycles. The number of nitrogens with zero attached hydrogens (tertiary/aromatic N) is 3. The standard InChI is InChI=1S/C21H22F6N4O/c22-16-17(30-20(32)9-7-19(23,24)8-10-20)28-12-29-18(16)31(15-5-6-15)11-13-1-3-14(4-2-13)21(25,26)27/h1-4,12,15,32H,5-11H2,(H,28,29,30). The molecule has 1 heterocycles. The lowest BCUT2D eigenvalue weighted by atomic mass is 9.89. The number of hydrogen-bond acceptors (Lipinski definition) is 5. The highest BCUT2D eigenvalue weighted by molar-refractivity contribution is 5.53. The molecule has 2 N–H and O–H groups in total. The van der Waals surface area contributed by atoms with Crippen molar-refractivity contribution >= 4 is 11.6 Å². The van der Waals surface area contributed by atoms with Crippen LogP contribution in [0.5, 0.6) is 0 Å². The zero-order chi connectivity index (χ0) is 23.1. The molecule has 0 spiro atoms. The number of aliphatic hydroxyl groups is 1. The van der Waals surface area contributed by atoms with Gasteiger partial charge in [0.2, 0.25) is 11.7 Å². The minimum atomic E-state index is -4.45. The minimum absolute atomic E-state index is 0.0361. The molecule has 32 heavy (non-hydrogen) atoms. The van der Waals surface area contributed by atoms with Gasteiger partial charge in [0.05, 0.1) is 5.56 Å². The van der Waals surface area contributed by atoms with Gasteiger partial charge in [0, 0.05) is 38.3 Å². The monoisotopic (exact) mass is 460 g/mol. The van der Waals surface area contributed by atoms with E-state index in [4.69, 9.17) is 0 Å². The Kier molecular flexibility index (Phi) is 5.72. The Morgan fingerprint density at radius 1 is 1.03 bits per heavy atom. The number of alkyl halides is 5. The zero-order valence-corrected chi connectivity index (χ0v) is 17.0. The van der Waals surface area contributed by atoms with E-state index in [1.54, 1.807) is 4.90 Å². The summed E-state index contributed by atoms with van der Waals surface area (Å²) in [6, 6.07) is 4.57. The summed E-state index contributed by atoms with van der Waals surface area (Å²) < 4.78 is 80.5. The van der Waals surface area contributed by atoms with Crippen molar-refractivity contribution in [3.8, 4) is 0 Å². The van der Waals surface area contributed by atoms with Gasteiger partial charge in [0.25, 0.3) is 0 Å². The van der Waals surface area contributed by atoms with E-state index < -0.39 is 42.0 Å². The predicted molar refractivity (Wildman–Crippen MR) is 105 cm³/mol. The molecule has 5 nitrogen and oxygen atoms in total. The largest absolute Gasteiger partial charge is 0.416 e. The van der Waals surface area contributed by atoms with E-state index in [9.17, 15) is 27.1 Å². The van der Waals surface area contributed by atoms with E-state index in [1.807, 2.05) is 0 Å². The van der Waals surface area contributed by atoms with Crippen molar-refractivity contribution in [1.29, 1.82) is 0 Å². The van der Waals surface area contributed by atoms with E-state index in [0.717, 1.165) is 31.3 Å². The maximum Gasteiger partial charge on any atom is 0.416 e.